The molecule has 0 saturated carbocycles. The molecule has 7 heteroatoms. The van der Waals surface area contributed by atoms with E-state index < -0.39 is 41.1 Å². The lowest BCUT2D eigenvalue weighted by molar-refractivity contribution is -0.323. The minimum Gasteiger partial charge on any atom is -0.546 e. The summed E-state index contributed by atoms with van der Waals surface area (Å²) in [5.74, 6) is -8.42. The van der Waals surface area contributed by atoms with E-state index >= 15 is 0 Å². The Kier molecular flexibility index (Phi) is 3.63. The minimum absolute atomic E-state index is 0.360. The lowest BCUT2D eigenvalue weighted by Crippen LogP contribution is -2.48. The molecule has 0 amide bonds. The molecular formula is C14H9F4O3-. The van der Waals surface area contributed by atoms with E-state index in [1.165, 1.54) is 0 Å². The van der Waals surface area contributed by atoms with Crippen molar-refractivity contribution in [3.8, 4) is 0 Å². The number of halogens is 4. The maximum absolute atomic E-state index is 13.4. The van der Waals surface area contributed by atoms with Gasteiger partial charge in [-0.2, -0.15) is 8.78 Å². The summed E-state index contributed by atoms with van der Waals surface area (Å²) in [4.78, 5) is 11.2. The quantitative estimate of drug-likeness (QED) is 0.862. The molecule has 1 N–H and O–H groups in total. The SMILES string of the molecule is O=C([O-])C(O)(C1=CC=C(F)C(F)(F)C1)c1ccc(F)cc1. The van der Waals surface area contributed by atoms with Crippen LogP contribution in [0.15, 0.2) is 47.8 Å². The molecular weight excluding hydrogens is 292 g/mol. The van der Waals surface area contributed by atoms with Gasteiger partial charge < -0.3 is 15.0 Å². The molecule has 0 radical (unpaired) electrons. The molecule has 1 aliphatic rings. The number of benzene rings is 1. The van der Waals surface area contributed by atoms with Gasteiger partial charge in [0.05, 0.1) is 5.97 Å². The number of carboxylic acid groups (broad SMARTS) is 1. The fourth-order valence-electron chi connectivity index (χ4n) is 2.05. The van der Waals surface area contributed by atoms with Crippen LogP contribution in [0.4, 0.5) is 17.6 Å². The Morgan fingerprint density at radius 3 is 2.24 bits per heavy atom. The fraction of sp³-hybridized carbons (Fsp3) is 0.214. The normalized spacial score (nSPS) is 20.2. The van der Waals surface area contributed by atoms with Crippen molar-refractivity contribution in [3.63, 3.8) is 0 Å². The first-order valence-electron chi connectivity index (χ1n) is 5.83. The highest BCUT2D eigenvalue weighted by molar-refractivity contribution is 5.82. The summed E-state index contributed by atoms with van der Waals surface area (Å²) in [6.45, 7) is 0. The van der Waals surface area contributed by atoms with Crippen LogP contribution in [0, 0.1) is 5.82 Å². The third kappa shape index (κ3) is 2.56. The van der Waals surface area contributed by atoms with E-state index in [-0.39, 0.29) is 5.56 Å². The van der Waals surface area contributed by atoms with Gasteiger partial charge >= 0.3 is 5.92 Å². The molecule has 2 rings (SSSR count). The molecule has 0 aromatic heterocycles. The molecule has 0 bridgehead atoms. The third-order valence-corrected chi connectivity index (χ3v) is 3.21. The van der Waals surface area contributed by atoms with E-state index in [2.05, 4.69) is 0 Å². The molecule has 0 aliphatic heterocycles. The maximum Gasteiger partial charge on any atom is 0.302 e. The Balaban J connectivity index is 2.54. The number of aliphatic hydroxyl groups is 1. The van der Waals surface area contributed by atoms with Gasteiger partial charge in [0.2, 0.25) is 0 Å². The summed E-state index contributed by atoms with van der Waals surface area (Å²) in [5.41, 5.74) is -3.91. The highest BCUT2D eigenvalue weighted by Gasteiger charge is 2.45. The Labute approximate surface area is 116 Å². The molecule has 1 aromatic carbocycles. The van der Waals surface area contributed by atoms with Gasteiger partial charge in [-0.15, -0.1) is 0 Å². The molecule has 3 nitrogen and oxygen atoms in total. The van der Waals surface area contributed by atoms with Crippen molar-refractivity contribution in [2.45, 2.75) is 17.9 Å². The van der Waals surface area contributed by atoms with Gasteiger partial charge in [0, 0.05) is 6.42 Å². The predicted octanol–water partition coefficient (Wildman–Crippen LogP) is 1.58. The summed E-state index contributed by atoms with van der Waals surface area (Å²) in [6, 6.07) is 3.58. The van der Waals surface area contributed by atoms with Crippen molar-refractivity contribution in [2.75, 3.05) is 0 Å². The standard InChI is InChI=1S/C14H10F4O3/c15-10-4-1-8(2-5-10)14(21,12(19)20)9-3-6-11(16)13(17,18)7-9/h1-6,21H,7H2,(H,19,20)/p-1. The number of aliphatic carboxylic acids is 1. The summed E-state index contributed by atoms with van der Waals surface area (Å²) >= 11 is 0. The van der Waals surface area contributed by atoms with Crippen molar-refractivity contribution in [1.82, 2.24) is 0 Å². The maximum atomic E-state index is 13.4. The van der Waals surface area contributed by atoms with Crippen molar-refractivity contribution in [3.05, 3.63) is 59.2 Å². The minimum atomic E-state index is -3.92. The highest BCUT2D eigenvalue weighted by atomic mass is 19.3. The number of hydrogen-bond donors (Lipinski definition) is 1. The zero-order valence-corrected chi connectivity index (χ0v) is 10.4. The van der Waals surface area contributed by atoms with E-state index in [1.807, 2.05) is 0 Å². The van der Waals surface area contributed by atoms with Gasteiger partial charge in [0.1, 0.15) is 5.82 Å². The van der Waals surface area contributed by atoms with Crippen molar-refractivity contribution < 1.29 is 32.6 Å². The second-order valence-electron chi connectivity index (χ2n) is 4.59. The van der Waals surface area contributed by atoms with Gasteiger partial charge in [0.15, 0.2) is 11.4 Å². The summed E-state index contributed by atoms with van der Waals surface area (Å²) in [7, 11) is 0. The first-order chi connectivity index (χ1) is 9.68. The van der Waals surface area contributed by atoms with Crippen LogP contribution in [0.25, 0.3) is 0 Å². The highest BCUT2D eigenvalue weighted by Crippen LogP contribution is 2.42. The Morgan fingerprint density at radius 1 is 1.19 bits per heavy atom. The second-order valence-corrected chi connectivity index (χ2v) is 4.59. The Morgan fingerprint density at radius 2 is 1.76 bits per heavy atom. The van der Waals surface area contributed by atoms with Crippen LogP contribution < -0.4 is 5.11 Å². The van der Waals surface area contributed by atoms with Gasteiger partial charge in [-0.1, -0.05) is 18.2 Å². The zero-order chi connectivity index (χ0) is 15.8. The molecule has 0 spiro atoms. The van der Waals surface area contributed by atoms with Gasteiger partial charge in [0.25, 0.3) is 0 Å². The largest absolute Gasteiger partial charge is 0.546 e. The number of carbonyl (C=O) groups excluding carboxylic acids is 1. The monoisotopic (exact) mass is 301 g/mol. The predicted molar refractivity (Wildman–Crippen MR) is 62.1 cm³/mol. The molecule has 1 aliphatic carbocycles. The Hall–Kier alpha value is -2.15. The van der Waals surface area contributed by atoms with Crippen molar-refractivity contribution in [1.29, 1.82) is 0 Å². The summed E-state index contributed by atoms with van der Waals surface area (Å²) < 4.78 is 52.5. The third-order valence-electron chi connectivity index (χ3n) is 3.21. The number of carbonyl (C=O) groups is 1. The topological polar surface area (TPSA) is 60.4 Å². The Bertz CT molecular complexity index is 634. The van der Waals surface area contributed by atoms with Crippen LogP contribution in [0.2, 0.25) is 0 Å². The zero-order valence-electron chi connectivity index (χ0n) is 10.4. The summed E-state index contributed by atoms with van der Waals surface area (Å²) in [6.07, 6.45) is -0.181. The van der Waals surface area contributed by atoms with Crippen LogP contribution in [-0.4, -0.2) is 17.0 Å². The molecule has 1 atom stereocenters. The number of alkyl halides is 2. The molecule has 1 aromatic rings. The van der Waals surface area contributed by atoms with Gasteiger partial charge in [-0.05, 0) is 29.3 Å². The van der Waals surface area contributed by atoms with E-state index in [0.717, 1.165) is 30.3 Å². The molecule has 21 heavy (non-hydrogen) atoms. The number of allylic oxidation sites excluding steroid dienone is 3. The molecule has 0 fully saturated rings. The van der Waals surface area contributed by atoms with Crippen LogP contribution in [0.5, 0.6) is 0 Å². The van der Waals surface area contributed by atoms with E-state index in [9.17, 15) is 32.6 Å². The number of hydrogen-bond acceptors (Lipinski definition) is 3. The molecule has 0 saturated heterocycles. The van der Waals surface area contributed by atoms with Gasteiger partial charge in [-0.25, -0.2) is 8.78 Å². The van der Waals surface area contributed by atoms with Gasteiger partial charge in [-0.3, -0.25) is 0 Å². The number of rotatable bonds is 3. The molecule has 112 valence electrons. The summed E-state index contributed by atoms with van der Waals surface area (Å²) in [5, 5.41) is 21.5. The first kappa shape index (κ1) is 15.2. The lowest BCUT2D eigenvalue weighted by Gasteiger charge is -2.35. The fourth-order valence-corrected chi connectivity index (χ4v) is 2.05. The van der Waals surface area contributed by atoms with Crippen LogP contribution in [0.1, 0.15) is 12.0 Å². The second kappa shape index (κ2) is 5.00. The van der Waals surface area contributed by atoms with Crippen molar-refractivity contribution >= 4 is 5.97 Å². The molecule has 0 heterocycles. The van der Waals surface area contributed by atoms with E-state index in [1.54, 1.807) is 0 Å². The smallest absolute Gasteiger partial charge is 0.302 e. The van der Waals surface area contributed by atoms with E-state index in [4.69, 9.17) is 0 Å². The first-order valence-corrected chi connectivity index (χ1v) is 5.83. The van der Waals surface area contributed by atoms with Crippen LogP contribution in [0.3, 0.4) is 0 Å². The van der Waals surface area contributed by atoms with Crippen molar-refractivity contribution in [2.24, 2.45) is 0 Å². The van der Waals surface area contributed by atoms with Crippen LogP contribution in [-0.2, 0) is 10.4 Å². The average molecular weight is 301 g/mol. The number of carboxylic acids is 1. The van der Waals surface area contributed by atoms with Crippen LogP contribution >= 0.6 is 0 Å². The molecule has 1 unspecified atom stereocenters. The average Bonchev–Trinajstić information content (AvgIpc) is 2.41. The van der Waals surface area contributed by atoms with E-state index in [0.29, 0.717) is 6.08 Å². The lowest BCUT2D eigenvalue weighted by atomic mass is 9.81.